The largest absolute Gasteiger partial charge is 0.428 e. The predicted octanol–water partition coefficient (Wildman–Crippen LogP) is 0.451. The van der Waals surface area contributed by atoms with Crippen molar-refractivity contribution in [2.75, 3.05) is 0 Å². The number of rotatable bonds is 0. The Labute approximate surface area is 75.5 Å². The van der Waals surface area contributed by atoms with E-state index in [1.165, 1.54) is 24.3 Å². The van der Waals surface area contributed by atoms with E-state index in [1.54, 1.807) is 0 Å². The second kappa shape index (κ2) is 2.31. The first-order chi connectivity index (χ1) is 5.93. The van der Waals surface area contributed by atoms with Crippen LogP contribution in [0.15, 0.2) is 34.1 Å². The van der Waals surface area contributed by atoms with E-state index in [2.05, 4.69) is 4.13 Å². The van der Waals surface area contributed by atoms with E-state index in [0.29, 0.717) is 0 Å². The van der Waals surface area contributed by atoms with E-state index in [-0.39, 0.29) is 9.79 Å². The van der Waals surface area contributed by atoms with E-state index in [4.69, 9.17) is 0 Å². The summed E-state index contributed by atoms with van der Waals surface area (Å²) in [5.74, 6) is 0. The molecule has 0 radical (unpaired) electrons. The molecular formula is C6H4NO4S2-. The van der Waals surface area contributed by atoms with Gasteiger partial charge in [0.25, 0.3) is 0 Å². The Balaban J connectivity index is 2.95. The van der Waals surface area contributed by atoms with Crippen molar-refractivity contribution < 1.29 is 16.8 Å². The van der Waals surface area contributed by atoms with Crippen LogP contribution in [0.2, 0.25) is 0 Å². The highest BCUT2D eigenvalue weighted by atomic mass is 32.3. The summed E-state index contributed by atoms with van der Waals surface area (Å²) in [5.41, 5.74) is 0. The summed E-state index contributed by atoms with van der Waals surface area (Å²) in [5, 5.41) is 0. The van der Waals surface area contributed by atoms with E-state index < -0.39 is 20.0 Å². The summed E-state index contributed by atoms with van der Waals surface area (Å²) in [7, 11) is -7.95. The van der Waals surface area contributed by atoms with Crippen LogP contribution in [0.1, 0.15) is 0 Å². The van der Waals surface area contributed by atoms with E-state index in [1.807, 2.05) is 0 Å². The maximum Gasteiger partial charge on any atom is 0.113 e. The van der Waals surface area contributed by atoms with Gasteiger partial charge >= 0.3 is 0 Å². The first-order valence-corrected chi connectivity index (χ1v) is 6.15. The zero-order valence-electron chi connectivity index (χ0n) is 6.21. The Hall–Kier alpha value is -0.920. The van der Waals surface area contributed by atoms with Crippen LogP contribution >= 0.6 is 0 Å². The fourth-order valence-corrected chi connectivity index (χ4v) is 4.54. The van der Waals surface area contributed by atoms with Crippen molar-refractivity contribution in [3.8, 4) is 0 Å². The SMILES string of the molecule is O=S1(=O)[N-]S(=O)(=O)c2ccccc21. The summed E-state index contributed by atoms with van der Waals surface area (Å²) >= 11 is 0. The molecule has 1 aliphatic heterocycles. The van der Waals surface area contributed by atoms with Crippen molar-refractivity contribution in [1.29, 1.82) is 0 Å². The van der Waals surface area contributed by atoms with Gasteiger partial charge in [-0.3, -0.25) is 0 Å². The fraction of sp³-hybridized carbons (Fsp3) is 0. The molecule has 1 aromatic rings. The van der Waals surface area contributed by atoms with E-state index in [9.17, 15) is 16.8 Å². The average Bonchev–Trinajstić information content (AvgIpc) is 2.20. The van der Waals surface area contributed by atoms with Crippen LogP contribution in [0.5, 0.6) is 0 Å². The number of sulfonamides is 2. The zero-order chi connectivity index (χ0) is 9.69. The van der Waals surface area contributed by atoms with Gasteiger partial charge in [-0.05, 0) is 12.1 Å². The van der Waals surface area contributed by atoms with Crippen molar-refractivity contribution in [2.24, 2.45) is 0 Å². The van der Waals surface area contributed by atoms with Crippen molar-refractivity contribution >= 4 is 20.0 Å². The van der Waals surface area contributed by atoms with Gasteiger partial charge in [0.2, 0.25) is 0 Å². The zero-order valence-corrected chi connectivity index (χ0v) is 7.84. The normalized spacial score (nSPS) is 22.5. The van der Waals surface area contributed by atoms with Crippen LogP contribution in [-0.4, -0.2) is 16.8 Å². The molecule has 0 fully saturated rings. The Bertz CT molecular complexity index is 507. The molecule has 0 aromatic heterocycles. The van der Waals surface area contributed by atoms with Gasteiger partial charge in [-0.1, -0.05) is 12.1 Å². The standard InChI is InChI=1S/C6H4NO4S2/c8-12(9)5-3-1-2-4-6(5)13(10,11)7-12/h1-4H/q-1. The molecule has 0 aliphatic carbocycles. The van der Waals surface area contributed by atoms with Crippen LogP contribution in [0.25, 0.3) is 4.13 Å². The van der Waals surface area contributed by atoms with Crippen LogP contribution in [0, 0.1) is 0 Å². The Morgan fingerprint density at radius 3 is 1.62 bits per heavy atom. The van der Waals surface area contributed by atoms with Gasteiger partial charge in [-0.25, -0.2) is 16.8 Å². The second-order valence-electron chi connectivity index (χ2n) is 2.47. The van der Waals surface area contributed by atoms with Gasteiger partial charge in [0.1, 0.15) is 20.0 Å². The average molecular weight is 218 g/mol. The molecule has 2 rings (SSSR count). The topological polar surface area (TPSA) is 82.4 Å². The van der Waals surface area contributed by atoms with Crippen molar-refractivity contribution in [3.63, 3.8) is 0 Å². The first kappa shape index (κ1) is 8.67. The summed E-state index contributed by atoms with van der Waals surface area (Å²) in [6.45, 7) is 0. The van der Waals surface area contributed by atoms with Gasteiger partial charge in [0, 0.05) is 0 Å². The fourth-order valence-electron chi connectivity index (χ4n) is 1.09. The Morgan fingerprint density at radius 2 is 1.23 bits per heavy atom. The maximum absolute atomic E-state index is 11.1. The molecule has 0 amide bonds. The highest BCUT2D eigenvalue weighted by molar-refractivity contribution is 8.14. The van der Waals surface area contributed by atoms with Crippen molar-refractivity contribution in [1.82, 2.24) is 0 Å². The minimum atomic E-state index is -3.98. The first-order valence-electron chi connectivity index (χ1n) is 3.27. The molecule has 5 nitrogen and oxygen atoms in total. The maximum atomic E-state index is 11.1. The van der Waals surface area contributed by atoms with Gasteiger partial charge in [-0.2, -0.15) is 0 Å². The van der Waals surface area contributed by atoms with Gasteiger partial charge in [0.05, 0.1) is 9.79 Å². The lowest BCUT2D eigenvalue weighted by atomic mass is 10.4. The molecule has 13 heavy (non-hydrogen) atoms. The summed E-state index contributed by atoms with van der Waals surface area (Å²) in [4.78, 5) is -0.481. The molecule has 0 saturated heterocycles. The summed E-state index contributed by atoms with van der Waals surface area (Å²) < 4.78 is 47.3. The summed E-state index contributed by atoms with van der Waals surface area (Å²) in [6.07, 6.45) is 0. The Kier molecular flexibility index (Phi) is 1.54. The molecule has 70 valence electrons. The quantitative estimate of drug-likeness (QED) is 0.633. The number of benzene rings is 1. The molecule has 0 spiro atoms. The lowest BCUT2D eigenvalue weighted by Gasteiger charge is -2.05. The number of hydrogen-bond donors (Lipinski definition) is 0. The van der Waals surface area contributed by atoms with Crippen molar-refractivity contribution in [3.05, 3.63) is 28.4 Å². The number of nitrogens with zero attached hydrogens (tertiary/aromatic N) is 1. The van der Waals surface area contributed by atoms with Crippen LogP contribution in [-0.2, 0) is 20.0 Å². The lowest BCUT2D eigenvalue weighted by molar-refractivity contribution is 0.603. The monoisotopic (exact) mass is 218 g/mol. The van der Waals surface area contributed by atoms with E-state index in [0.717, 1.165) is 0 Å². The predicted molar refractivity (Wildman–Crippen MR) is 44.2 cm³/mol. The van der Waals surface area contributed by atoms with Crippen LogP contribution in [0.3, 0.4) is 0 Å². The van der Waals surface area contributed by atoms with E-state index >= 15 is 0 Å². The molecule has 1 aromatic carbocycles. The smallest absolute Gasteiger partial charge is 0.113 e. The molecule has 0 saturated carbocycles. The van der Waals surface area contributed by atoms with Crippen molar-refractivity contribution in [2.45, 2.75) is 9.79 Å². The number of fused-ring (bicyclic) bond motifs is 1. The third-order valence-corrected chi connectivity index (χ3v) is 5.12. The lowest BCUT2D eigenvalue weighted by Crippen LogP contribution is -1.92. The van der Waals surface area contributed by atoms with Gasteiger partial charge in [0.15, 0.2) is 0 Å². The van der Waals surface area contributed by atoms with Gasteiger partial charge in [-0.15, -0.1) is 0 Å². The number of hydrogen-bond acceptors (Lipinski definition) is 4. The molecular weight excluding hydrogens is 214 g/mol. The molecule has 1 heterocycles. The Morgan fingerprint density at radius 1 is 0.846 bits per heavy atom. The van der Waals surface area contributed by atoms with Crippen LogP contribution < -0.4 is 0 Å². The second-order valence-corrected chi connectivity index (χ2v) is 5.85. The highest BCUT2D eigenvalue weighted by Gasteiger charge is 2.26. The molecule has 1 aliphatic rings. The third-order valence-electron chi connectivity index (χ3n) is 1.60. The molecule has 0 N–H and O–H groups in total. The third kappa shape index (κ3) is 1.16. The highest BCUT2D eigenvalue weighted by Crippen LogP contribution is 2.37. The molecule has 0 bridgehead atoms. The molecule has 0 unspecified atom stereocenters. The minimum Gasteiger partial charge on any atom is -0.428 e. The molecule has 0 atom stereocenters. The minimum absolute atomic E-state index is 0.241. The molecule has 7 heteroatoms. The van der Waals surface area contributed by atoms with Crippen LogP contribution in [0.4, 0.5) is 0 Å². The summed E-state index contributed by atoms with van der Waals surface area (Å²) in [6, 6.07) is 5.34. The van der Waals surface area contributed by atoms with Gasteiger partial charge < -0.3 is 4.13 Å².